The predicted octanol–water partition coefficient (Wildman–Crippen LogP) is 3.16. The van der Waals surface area contributed by atoms with E-state index < -0.39 is 0 Å². The lowest BCUT2D eigenvalue weighted by molar-refractivity contribution is -0.128. The van der Waals surface area contributed by atoms with Crippen molar-refractivity contribution in [1.29, 1.82) is 0 Å². The monoisotopic (exact) mass is 325 g/mol. The Morgan fingerprint density at radius 3 is 2.08 bits per heavy atom. The zero-order valence-electron chi connectivity index (χ0n) is 15.3. The zero-order chi connectivity index (χ0) is 17.7. The second-order valence-electron chi connectivity index (χ2n) is 6.42. The molecule has 0 radical (unpaired) electrons. The number of likely N-dealkylation sites (N-methyl/N-ethyl adjacent to an activating group) is 2. The van der Waals surface area contributed by atoms with Gasteiger partial charge in [0.1, 0.15) is 0 Å². The lowest BCUT2D eigenvalue weighted by Gasteiger charge is -2.27. The van der Waals surface area contributed by atoms with Gasteiger partial charge in [-0.1, -0.05) is 36.4 Å². The Bertz CT molecular complexity index is 697. The van der Waals surface area contributed by atoms with E-state index in [1.165, 1.54) is 11.1 Å². The second kappa shape index (κ2) is 7.86. The van der Waals surface area contributed by atoms with Crippen LogP contribution in [0.1, 0.15) is 11.1 Å². The summed E-state index contributed by atoms with van der Waals surface area (Å²) >= 11 is 0. The zero-order valence-corrected chi connectivity index (χ0v) is 15.3. The maximum atomic E-state index is 12.6. The normalized spacial score (nSPS) is 10.4. The van der Waals surface area contributed by atoms with Crippen LogP contribution in [0.4, 0.5) is 11.4 Å². The summed E-state index contributed by atoms with van der Waals surface area (Å²) in [6.45, 7) is 3.06. The minimum atomic E-state index is 0.106. The highest BCUT2D eigenvalue weighted by atomic mass is 16.2. The van der Waals surface area contributed by atoms with Crippen molar-refractivity contribution in [1.82, 2.24) is 4.90 Å². The van der Waals surface area contributed by atoms with Crippen molar-refractivity contribution < 1.29 is 4.79 Å². The molecule has 0 aliphatic carbocycles. The molecule has 0 atom stereocenters. The maximum absolute atomic E-state index is 12.6. The number of rotatable bonds is 6. The molecule has 1 amide bonds. The molecule has 0 aliphatic heterocycles. The average Bonchev–Trinajstić information content (AvgIpc) is 2.56. The SMILES string of the molecule is Cc1ccccc1CN(C)C(=O)CN(C)c1ccccc1N(C)C. The van der Waals surface area contributed by atoms with E-state index in [1.807, 2.05) is 63.4 Å². The van der Waals surface area contributed by atoms with Crippen LogP contribution in [0.25, 0.3) is 0 Å². The van der Waals surface area contributed by atoms with Crippen LogP contribution >= 0.6 is 0 Å². The van der Waals surface area contributed by atoms with Gasteiger partial charge in [0.25, 0.3) is 0 Å². The van der Waals surface area contributed by atoms with Crippen molar-refractivity contribution >= 4 is 17.3 Å². The Labute approximate surface area is 145 Å². The predicted molar refractivity (Wildman–Crippen MR) is 102 cm³/mol. The number of benzene rings is 2. The van der Waals surface area contributed by atoms with Gasteiger partial charge in [-0.2, -0.15) is 0 Å². The van der Waals surface area contributed by atoms with Crippen molar-refractivity contribution in [2.24, 2.45) is 0 Å². The first-order valence-electron chi connectivity index (χ1n) is 8.16. The molecule has 2 aromatic rings. The molecule has 0 fully saturated rings. The molecule has 0 N–H and O–H groups in total. The number of amides is 1. The molecule has 2 rings (SSSR count). The molecule has 0 saturated heterocycles. The van der Waals surface area contributed by atoms with Crippen molar-refractivity contribution in [3.8, 4) is 0 Å². The van der Waals surface area contributed by atoms with Gasteiger partial charge in [-0.3, -0.25) is 4.79 Å². The minimum absolute atomic E-state index is 0.106. The second-order valence-corrected chi connectivity index (χ2v) is 6.42. The van der Waals surface area contributed by atoms with Crippen molar-refractivity contribution in [2.75, 3.05) is 44.5 Å². The van der Waals surface area contributed by atoms with Gasteiger partial charge in [0.2, 0.25) is 5.91 Å². The van der Waals surface area contributed by atoms with Crippen molar-refractivity contribution in [2.45, 2.75) is 13.5 Å². The van der Waals surface area contributed by atoms with E-state index in [9.17, 15) is 4.79 Å². The highest BCUT2D eigenvalue weighted by Crippen LogP contribution is 2.26. The van der Waals surface area contributed by atoms with Crippen molar-refractivity contribution in [3.05, 3.63) is 59.7 Å². The van der Waals surface area contributed by atoms with Gasteiger partial charge in [-0.05, 0) is 30.2 Å². The average molecular weight is 325 g/mol. The summed E-state index contributed by atoms with van der Waals surface area (Å²) in [6.07, 6.45) is 0. The smallest absolute Gasteiger partial charge is 0.242 e. The number of para-hydroxylation sites is 2. The molecule has 2 aromatic carbocycles. The van der Waals surface area contributed by atoms with Gasteiger partial charge < -0.3 is 14.7 Å². The van der Waals surface area contributed by atoms with E-state index in [0.717, 1.165) is 11.4 Å². The molecule has 0 heterocycles. The van der Waals surface area contributed by atoms with Crippen LogP contribution < -0.4 is 9.80 Å². The third-order valence-corrected chi connectivity index (χ3v) is 4.24. The number of nitrogens with zero attached hydrogens (tertiary/aromatic N) is 3. The summed E-state index contributed by atoms with van der Waals surface area (Å²) in [7, 11) is 7.85. The van der Waals surface area contributed by atoms with Gasteiger partial charge in [0, 0.05) is 34.7 Å². The number of anilines is 2. The quantitative estimate of drug-likeness (QED) is 0.816. The van der Waals surface area contributed by atoms with Crippen LogP contribution in [-0.2, 0) is 11.3 Å². The summed E-state index contributed by atoms with van der Waals surface area (Å²) in [5.41, 5.74) is 4.56. The first-order valence-corrected chi connectivity index (χ1v) is 8.16. The summed E-state index contributed by atoms with van der Waals surface area (Å²) < 4.78 is 0. The van der Waals surface area contributed by atoms with E-state index in [-0.39, 0.29) is 5.91 Å². The van der Waals surface area contributed by atoms with E-state index in [4.69, 9.17) is 0 Å². The van der Waals surface area contributed by atoms with Gasteiger partial charge in [-0.15, -0.1) is 0 Å². The van der Waals surface area contributed by atoms with Gasteiger partial charge in [0.15, 0.2) is 0 Å². The first kappa shape index (κ1) is 17.9. The lowest BCUT2D eigenvalue weighted by Crippen LogP contribution is -2.36. The highest BCUT2D eigenvalue weighted by Gasteiger charge is 2.15. The topological polar surface area (TPSA) is 26.8 Å². The standard InChI is InChI=1S/C20H27N3O/c1-16-10-6-7-11-17(16)14-23(5)20(24)15-22(4)19-13-9-8-12-18(19)21(2)3/h6-13H,14-15H2,1-5H3. The molecule has 0 bridgehead atoms. The highest BCUT2D eigenvalue weighted by molar-refractivity contribution is 5.83. The minimum Gasteiger partial charge on any atom is -0.376 e. The van der Waals surface area contributed by atoms with Crippen LogP contribution in [0.15, 0.2) is 48.5 Å². The van der Waals surface area contributed by atoms with Gasteiger partial charge in [-0.25, -0.2) is 0 Å². The summed E-state index contributed by atoms with van der Waals surface area (Å²) in [6, 6.07) is 16.3. The Kier molecular flexibility index (Phi) is 5.85. The van der Waals surface area contributed by atoms with E-state index >= 15 is 0 Å². The number of hydrogen-bond donors (Lipinski definition) is 0. The fraction of sp³-hybridized carbons (Fsp3) is 0.350. The molecule has 0 aliphatic rings. The number of aryl methyl sites for hydroxylation is 1. The molecule has 4 heteroatoms. The largest absolute Gasteiger partial charge is 0.376 e. The fourth-order valence-electron chi connectivity index (χ4n) is 2.71. The molecule has 128 valence electrons. The molecule has 0 unspecified atom stereocenters. The lowest BCUT2D eigenvalue weighted by atomic mass is 10.1. The van der Waals surface area contributed by atoms with Crippen LogP contribution in [0.2, 0.25) is 0 Å². The molecule has 0 saturated carbocycles. The van der Waals surface area contributed by atoms with Crippen LogP contribution in [0.3, 0.4) is 0 Å². The molecule has 0 spiro atoms. The Balaban J connectivity index is 2.05. The third kappa shape index (κ3) is 4.28. The fourth-order valence-corrected chi connectivity index (χ4v) is 2.71. The number of hydrogen-bond acceptors (Lipinski definition) is 3. The van der Waals surface area contributed by atoms with Gasteiger partial charge in [0.05, 0.1) is 17.9 Å². The van der Waals surface area contributed by atoms with Crippen LogP contribution in [0, 0.1) is 6.92 Å². The molecular formula is C20H27N3O. The Morgan fingerprint density at radius 2 is 1.46 bits per heavy atom. The third-order valence-electron chi connectivity index (χ3n) is 4.24. The Morgan fingerprint density at radius 1 is 0.875 bits per heavy atom. The van der Waals surface area contributed by atoms with E-state index in [0.29, 0.717) is 13.1 Å². The summed E-state index contributed by atoms with van der Waals surface area (Å²) in [4.78, 5) is 18.5. The van der Waals surface area contributed by atoms with Crippen molar-refractivity contribution in [3.63, 3.8) is 0 Å². The number of carbonyl (C=O) groups excluding carboxylic acids is 1. The molecular weight excluding hydrogens is 298 g/mol. The molecule has 4 nitrogen and oxygen atoms in total. The number of carbonyl (C=O) groups is 1. The first-order chi connectivity index (χ1) is 11.4. The summed E-state index contributed by atoms with van der Waals surface area (Å²) in [5, 5.41) is 0. The van der Waals surface area contributed by atoms with E-state index in [2.05, 4.69) is 30.0 Å². The molecule has 0 aromatic heterocycles. The van der Waals surface area contributed by atoms with Gasteiger partial charge >= 0.3 is 0 Å². The molecule has 24 heavy (non-hydrogen) atoms. The summed E-state index contributed by atoms with van der Waals surface area (Å²) in [5.74, 6) is 0.106. The maximum Gasteiger partial charge on any atom is 0.242 e. The Hall–Kier alpha value is -2.49. The van der Waals surface area contributed by atoms with E-state index in [1.54, 1.807) is 4.90 Å². The van der Waals surface area contributed by atoms with Crippen LogP contribution in [0.5, 0.6) is 0 Å². The van der Waals surface area contributed by atoms with Crippen LogP contribution in [-0.4, -0.2) is 45.5 Å².